The molecule has 0 aromatic carbocycles. The first-order valence-corrected chi connectivity index (χ1v) is 7.70. The van der Waals surface area contributed by atoms with Gasteiger partial charge in [0.05, 0.1) is 19.6 Å². The summed E-state index contributed by atoms with van der Waals surface area (Å²) in [7, 11) is 0. The van der Waals surface area contributed by atoms with Crippen LogP contribution in [-0.4, -0.2) is 18.2 Å². The topological polar surface area (TPSA) is 88.3 Å². The molecule has 0 spiro atoms. The predicted octanol–water partition coefficient (Wildman–Crippen LogP) is 3.00. The summed E-state index contributed by atoms with van der Waals surface area (Å²) in [5.74, 6) is 0. The molecule has 2 heterocycles. The van der Waals surface area contributed by atoms with Gasteiger partial charge in [-0.15, -0.1) is 22.7 Å². The number of carbonyl (C=O) groups excluding carboxylic acids is 3. The van der Waals surface area contributed by atoms with Crippen molar-refractivity contribution >= 4 is 40.9 Å². The molecule has 2 aromatic heterocycles. The third-order valence-electron chi connectivity index (χ3n) is 2.20. The van der Waals surface area contributed by atoms with E-state index in [1.54, 1.807) is 11.3 Å². The Morgan fingerprint density at radius 1 is 0.773 bits per heavy atom. The van der Waals surface area contributed by atoms with Crippen LogP contribution in [0, 0.1) is 0 Å². The number of hydrogen-bond donors (Lipinski definition) is 0. The number of hydrogen-bond acceptors (Lipinski definition) is 8. The maximum atomic E-state index is 9.80. The van der Waals surface area contributed by atoms with E-state index in [1.165, 1.54) is 29.6 Å². The number of thiophene rings is 2. The van der Waals surface area contributed by atoms with Crippen molar-refractivity contribution in [2.45, 2.75) is 19.6 Å². The van der Waals surface area contributed by atoms with Gasteiger partial charge in [-0.1, -0.05) is 6.07 Å². The van der Waals surface area contributed by atoms with Crippen LogP contribution in [0.15, 0.2) is 44.6 Å². The van der Waals surface area contributed by atoms with E-state index in [-0.39, 0.29) is 0 Å². The van der Waals surface area contributed by atoms with Gasteiger partial charge in [0, 0.05) is 14.6 Å². The largest absolute Gasteiger partial charge is 0.235 e. The van der Waals surface area contributed by atoms with Crippen LogP contribution < -0.4 is 0 Å². The molecule has 0 N–H and O–H groups in total. The number of aliphatic imine (C=N–C) groups is 3. The molecule has 0 aliphatic rings. The Labute approximate surface area is 134 Å². The standard InChI is InChI=1S/C8H6N2O2S.C6H5NOS/c11-5-9-3-7-1-2-8(13-7)4-10-6-12;8-5-7-4-6-2-1-3-9-6/h1-2H,3-4H2;1-3H,4H2. The van der Waals surface area contributed by atoms with E-state index in [2.05, 4.69) is 15.0 Å². The highest BCUT2D eigenvalue weighted by atomic mass is 32.1. The lowest BCUT2D eigenvalue weighted by Crippen LogP contribution is -1.71. The molecule has 0 atom stereocenters. The maximum absolute atomic E-state index is 9.80. The van der Waals surface area contributed by atoms with Gasteiger partial charge in [0.25, 0.3) is 0 Å². The summed E-state index contributed by atoms with van der Waals surface area (Å²) in [5.41, 5.74) is 0. The van der Waals surface area contributed by atoms with E-state index in [4.69, 9.17) is 0 Å². The Morgan fingerprint density at radius 3 is 1.68 bits per heavy atom. The highest BCUT2D eigenvalue weighted by molar-refractivity contribution is 7.12. The lowest BCUT2D eigenvalue weighted by atomic mass is 10.4. The monoisotopic (exact) mass is 333 g/mol. The molecule has 0 fully saturated rings. The van der Waals surface area contributed by atoms with Gasteiger partial charge in [-0.2, -0.15) is 0 Å². The van der Waals surface area contributed by atoms with Gasteiger partial charge >= 0.3 is 0 Å². The van der Waals surface area contributed by atoms with Crippen molar-refractivity contribution in [1.82, 2.24) is 0 Å². The molecule has 0 amide bonds. The third kappa shape index (κ3) is 7.36. The van der Waals surface area contributed by atoms with Gasteiger partial charge in [0.15, 0.2) is 0 Å². The molecule has 0 saturated heterocycles. The molecule has 8 heteroatoms. The second kappa shape index (κ2) is 11.2. The van der Waals surface area contributed by atoms with E-state index in [0.717, 1.165) is 14.6 Å². The fourth-order valence-electron chi connectivity index (χ4n) is 1.33. The third-order valence-corrected chi connectivity index (χ3v) is 4.11. The van der Waals surface area contributed by atoms with Crippen LogP contribution in [0.2, 0.25) is 0 Å². The molecule has 6 nitrogen and oxygen atoms in total. The zero-order valence-corrected chi connectivity index (χ0v) is 13.0. The van der Waals surface area contributed by atoms with Crippen molar-refractivity contribution in [2.75, 3.05) is 0 Å². The van der Waals surface area contributed by atoms with Crippen LogP contribution in [0.4, 0.5) is 0 Å². The molecule has 2 aromatic rings. The van der Waals surface area contributed by atoms with Crippen LogP contribution >= 0.6 is 22.7 Å². The Bertz CT molecular complexity index is 671. The Hall–Kier alpha value is -2.46. The summed E-state index contributed by atoms with van der Waals surface area (Å²) < 4.78 is 0. The van der Waals surface area contributed by atoms with Gasteiger partial charge in [-0.05, 0) is 23.6 Å². The minimum absolute atomic E-state index is 0.346. The number of isocyanates is 3. The molecule has 0 bridgehead atoms. The molecular weight excluding hydrogens is 322 g/mol. The molecule has 0 aliphatic carbocycles. The molecule has 112 valence electrons. The van der Waals surface area contributed by atoms with Crippen molar-refractivity contribution in [2.24, 2.45) is 15.0 Å². The van der Waals surface area contributed by atoms with E-state index in [1.807, 2.05) is 29.6 Å². The second-order valence-electron chi connectivity index (χ2n) is 3.67. The predicted molar refractivity (Wildman–Crippen MR) is 84.1 cm³/mol. The van der Waals surface area contributed by atoms with Gasteiger partial charge < -0.3 is 0 Å². The van der Waals surface area contributed by atoms with Crippen LogP contribution in [0.3, 0.4) is 0 Å². The van der Waals surface area contributed by atoms with Crippen molar-refractivity contribution in [3.05, 3.63) is 44.3 Å². The summed E-state index contributed by atoms with van der Waals surface area (Å²) in [4.78, 5) is 42.5. The average Bonchev–Trinajstić information content (AvgIpc) is 3.21. The van der Waals surface area contributed by atoms with E-state index >= 15 is 0 Å². The van der Waals surface area contributed by atoms with Gasteiger partial charge in [-0.25, -0.2) is 29.4 Å². The normalized spacial score (nSPS) is 8.55. The van der Waals surface area contributed by atoms with Crippen LogP contribution in [0.5, 0.6) is 0 Å². The average molecular weight is 333 g/mol. The Kier molecular flexibility index (Phi) is 8.98. The quantitative estimate of drug-likeness (QED) is 0.601. The molecule has 0 unspecified atom stereocenters. The van der Waals surface area contributed by atoms with E-state index in [9.17, 15) is 14.4 Å². The summed E-state index contributed by atoms with van der Waals surface area (Å²) in [6.45, 7) is 1.17. The Morgan fingerprint density at radius 2 is 1.27 bits per heavy atom. The van der Waals surface area contributed by atoms with Gasteiger partial charge in [-0.3, -0.25) is 0 Å². The molecule has 0 saturated carbocycles. The summed E-state index contributed by atoms with van der Waals surface area (Å²) in [6.07, 6.45) is 4.42. The van der Waals surface area contributed by atoms with Crippen molar-refractivity contribution < 1.29 is 14.4 Å². The summed E-state index contributed by atoms with van der Waals surface area (Å²) >= 11 is 3.06. The van der Waals surface area contributed by atoms with Crippen molar-refractivity contribution in [3.8, 4) is 0 Å². The van der Waals surface area contributed by atoms with Crippen LogP contribution in [-0.2, 0) is 34.0 Å². The zero-order chi connectivity index (χ0) is 16.0. The lowest BCUT2D eigenvalue weighted by Gasteiger charge is -1.84. The fraction of sp³-hybridized carbons (Fsp3) is 0.214. The molecular formula is C14H11N3O3S2. The van der Waals surface area contributed by atoms with Gasteiger partial charge in [0.2, 0.25) is 18.2 Å². The minimum atomic E-state index is 0.346. The van der Waals surface area contributed by atoms with Crippen molar-refractivity contribution in [3.63, 3.8) is 0 Å². The minimum Gasteiger partial charge on any atom is -0.211 e. The molecule has 0 aliphatic heterocycles. The maximum Gasteiger partial charge on any atom is 0.235 e. The molecule has 2 rings (SSSR count). The molecule has 0 radical (unpaired) electrons. The Balaban J connectivity index is 0.000000235. The smallest absolute Gasteiger partial charge is 0.211 e. The summed E-state index contributed by atoms with van der Waals surface area (Å²) in [5, 5.41) is 1.95. The second-order valence-corrected chi connectivity index (χ2v) is 5.96. The van der Waals surface area contributed by atoms with Crippen molar-refractivity contribution in [1.29, 1.82) is 0 Å². The number of nitrogens with zero attached hydrogens (tertiary/aromatic N) is 3. The van der Waals surface area contributed by atoms with E-state index in [0.29, 0.717) is 19.6 Å². The zero-order valence-electron chi connectivity index (χ0n) is 11.4. The lowest BCUT2D eigenvalue weighted by molar-refractivity contribution is 0.562. The first-order valence-electron chi connectivity index (χ1n) is 6.01. The summed E-state index contributed by atoms with van der Waals surface area (Å²) in [6, 6.07) is 7.56. The first kappa shape index (κ1) is 17.6. The van der Waals surface area contributed by atoms with Gasteiger partial charge in [0.1, 0.15) is 0 Å². The molecule has 22 heavy (non-hydrogen) atoms. The van der Waals surface area contributed by atoms with Crippen LogP contribution in [0.1, 0.15) is 14.6 Å². The highest BCUT2D eigenvalue weighted by Gasteiger charge is 1.97. The highest BCUT2D eigenvalue weighted by Crippen LogP contribution is 2.17. The van der Waals surface area contributed by atoms with Crippen LogP contribution in [0.25, 0.3) is 0 Å². The van der Waals surface area contributed by atoms with E-state index < -0.39 is 0 Å². The SMILES string of the molecule is O=C=NCc1ccc(CN=C=O)s1.O=C=NCc1cccs1. The first-order chi connectivity index (χ1) is 10.8. The fourth-order valence-corrected chi connectivity index (χ4v) is 2.82. The number of rotatable bonds is 6.